The summed E-state index contributed by atoms with van der Waals surface area (Å²) in [5.74, 6) is 0. The van der Waals surface area contributed by atoms with Gasteiger partial charge < -0.3 is 20.7 Å². The number of aliphatic hydroxyl groups excluding tert-OH is 1. The topological polar surface area (TPSA) is 77.2 Å². The Hall–Kier alpha value is -2.79. The number of aryl methyl sites for hydroxylation is 1. The molecule has 3 aromatic rings. The molecule has 2 amide bonds. The summed E-state index contributed by atoms with van der Waals surface area (Å²) >= 11 is 0. The molecule has 0 unspecified atom stereocenters. The van der Waals surface area contributed by atoms with Gasteiger partial charge >= 0.3 is 6.03 Å². The number of hydrogen-bond donors (Lipinski definition) is 4. The number of fused-ring (bicyclic) bond motifs is 2. The highest BCUT2D eigenvalue weighted by Gasteiger charge is 2.31. The average molecular weight is 321 g/mol. The van der Waals surface area contributed by atoms with Gasteiger partial charge in [0.1, 0.15) is 0 Å². The van der Waals surface area contributed by atoms with Crippen molar-refractivity contribution in [1.82, 2.24) is 10.3 Å². The fourth-order valence-corrected chi connectivity index (χ4v) is 3.41. The van der Waals surface area contributed by atoms with E-state index < -0.39 is 6.10 Å². The minimum Gasteiger partial charge on any atom is -0.390 e. The first-order chi connectivity index (χ1) is 11.6. The van der Waals surface area contributed by atoms with Crippen molar-refractivity contribution in [1.29, 1.82) is 0 Å². The third-order valence-corrected chi connectivity index (χ3v) is 4.50. The molecule has 1 aliphatic carbocycles. The summed E-state index contributed by atoms with van der Waals surface area (Å²) in [5.41, 5.74) is 4.91. The molecule has 0 bridgehead atoms. The van der Waals surface area contributed by atoms with E-state index in [0.29, 0.717) is 6.42 Å². The quantitative estimate of drug-likeness (QED) is 0.585. The Balaban J connectivity index is 1.50. The fourth-order valence-electron chi connectivity index (χ4n) is 3.41. The molecule has 5 nitrogen and oxygen atoms in total. The van der Waals surface area contributed by atoms with Gasteiger partial charge in [-0.1, -0.05) is 24.3 Å². The normalized spacial score (nSPS) is 19.2. The van der Waals surface area contributed by atoms with Crippen molar-refractivity contribution in [2.24, 2.45) is 0 Å². The Morgan fingerprint density at radius 1 is 1.21 bits per heavy atom. The fraction of sp³-hybridized carbons (Fsp3) is 0.211. The number of rotatable bonds is 2. The molecule has 24 heavy (non-hydrogen) atoms. The van der Waals surface area contributed by atoms with E-state index in [-0.39, 0.29) is 12.1 Å². The van der Waals surface area contributed by atoms with E-state index >= 15 is 0 Å². The number of carbonyl (C=O) groups is 1. The molecular formula is C19H19N3O2. The first-order valence-corrected chi connectivity index (χ1v) is 8.03. The lowest BCUT2D eigenvalue weighted by Gasteiger charge is -2.18. The summed E-state index contributed by atoms with van der Waals surface area (Å²) in [4.78, 5) is 15.6. The maximum atomic E-state index is 12.3. The van der Waals surface area contributed by atoms with Crippen LogP contribution in [0.5, 0.6) is 0 Å². The summed E-state index contributed by atoms with van der Waals surface area (Å²) in [7, 11) is 0. The molecule has 4 N–H and O–H groups in total. The van der Waals surface area contributed by atoms with Gasteiger partial charge in [-0.25, -0.2) is 4.79 Å². The molecule has 1 aliphatic rings. The van der Waals surface area contributed by atoms with Crippen LogP contribution in [0.25, 0.3) is 10.9 Å². The number of aromatic amines is 1. The minimum atomic E-state index is -0.594. The Morgan fingerprint density at radius 3 is 2.92 bits per heavy atom. The van der Waals surface area contributed by atoms with Gasteiger partial charge in [-0.2, -0.15) is 0 Å². The van der Waals surface area contributed by atoms with E-state index in [1.54, 1.807) is 0 Å². The van der Waals surface area contributed by atoms with E-state index in [2.05, 4.69) is 15.6 Å². The highest BCUT2D eigenvalue weighted by atomic mass is 16.3. The zero-order valence-electron chi connectivity index (χ0n) is 13.3. The molecular weight excluding hydrogens is 302 g/mol. The average Bonchev–Trinajstić information content (AvgIpc) is 3.06. The van der Waals surface area contributed by atoms with Crippen molar-refractivity contribution in [2.75, 3.05) is 5.32 Å². The van der Waals surface area contributed by atoms with E-state index in [9.17, 15) is 9.90 Å². The lowest BCUT2D eigenvalue weighted by Crippen LogP contribution is -2.36. The van der Waals surface area contributed by atoms with Crippen molar-refractivity contribution < 1.29 is 9.90 Å². The summed E-state index contributed by atoms with van der Waals surface area (Å²) in [6.45, 7) is 2.00. The van der Waals surface area contributed by atoms with Crippen LogP contribution >= 0.6 is 0 Å². The van der Waals surface area contributed by atoms with Gasteiger partial charge in [-0.05, 0) is 42.3 Å². The number of H-pyrrole nitrogens is 1. The number of carbonyl (C=O) groups excluding carboxylic acids is 1. The lowest BCUT2D eigenvalue weighted by molar-refractivity contribution is 0.144. The lowest BCUT2D eigenvalue weighted by atomic mass is 10.1. The Labute approximate surface area is 139 Å². The van der Waals surface area contributed by atoms with Gasteiger partial charge in [0, 0.05) is 28.7 Å². The third kappa shape index (κ3) is 2.63. The van der Waals surface area contributed by atoms with Crippen LogP contribution in [0.1, 0.15) is 22.9 Å². The minimum absolute atomic E-state index is 0.317. The van der Waals surface area contributed by atoms with Crippen molar-refractivity contribution in [2.45, 2.75) is 25.5 Å². The molecule has 0 aliphatic heterocycles. The van der Waals surface area contributed by atoms with Crippen molar-refractivity contribution >= 4 is 22.6 Å². The maximum absolute atomic E-state index is 12.3. The molecule has 122 valence electrons. The zero-order valence-corrected chi connectivity index (χ0v) is 13.3. The van der Waals surface area contributed by atoms with Gasteiger partial charge in [0.05, 0.1) is 12.1 Å². The number of urea groups is 1. The Bertz CT molecular complexity index is 916. The Morgan fingerprint density at radius 2 is 2.04 bits per heavy atom. The summed E-state index contributed by atoms with van der Waals surface area (Å²) in [6, 6.07) is 14.9. The molecule has 0 fully saturated rings. The molecule has 2 aromatic carbocycles. The van der Waals surface area contributed by atoms with Crippen LogP contribution < -0.4 is 10.6 Å². The maximum Gasteiger partial charge on any atom is 0.319 e. The van der Waals surface area contributed by atoms with Gasteiger partial charge in [-0.3, -0.25) is 0 Å². The van der Waals surface area contributed by atoms with Crippen LogP contribution in [0.15, 0.2) is 48.5 Å². The zero-order chi connectivity index (χ0) is 16.7. The number of anilines is 1. The number of aliphatic hydroxyl groups is 1. The monoisotopic (exact) mass is 321 g/mol. The van der Waals surface area contributed by atoms with Crippen molar-refractivity contribution in [3.8, 4) is 0 Å². The third-order valence-electron chi connectivity index (χ3n) is 4.50. The first kappa shape index (κ1) is 14.8. The van der Waals surface area contributed by atoms with Crippen LogP contribution in [-0.4, -0.2) is 22.2 Å². The number of benzene rings is 2. The van der Waals surface area contributed by atoms with Crippen molar-refractivity contribution in [3.63, 3.8) is 0 Å². The van der Waals surface area contributed by atoms with Crippen LogP contribution in [0, 0.1) is 6.92 Å². The standard InChI is InChI=1S/C19H19N3O2/c1-11-8-13-9-14(6-7-16(13)20-11)21-19(24)22-18-15-5-3-2-4-12(15)10-17(18)23/h2-9,17-18,20,23H,10H2,1H3,(H2,21,22,24)/t17-,18+/m0/s1. The first-order valence-electron chi connectivity index (χ1n) is 8.03. The van der Waals surface area contributed by atoms with E-state index in [1.807, 2.05) is 55.5 Å². The van der Waals surface area contributed by atoms with Gasteiger partial charge in [-0.15, -0.1) is 0 Å². The van der Waals surface area contributed by atoms with Crippen molar-refractivity contribution in [3.05, 3.63) is 65.4 Å². The predicted molar refractivity (Wildman–Crippen MR) is 94.1 cm³/mol. The molecule has 0 radical (unpaired) electrons. The molecule has 0 saturated heterocycles. The summed E-state index contributed by atoms with van der Waals surface area (Å²) < 4.78 is 0. The molecule has 2 atom stereocenters. The molecule has 5 heteroatoms. The van der Waals surface area contributed by atoms with Gasteiger partial charge in [0.15, 0.2) is 0 Å². The smallest absolute Gasteiger partial charge is 0.319 e. The molecule has 1 aromatic heterocycles. The second-order valence-electron chi connectivity index (χ2n) is 6.30. The largest absolute Gasteiger partial charge is 0.390 e. The number of hydrogen-bond acceptors (Lipinski definition) is 2. The molecule has 0 spiro atoms. The van der Waals surface area contributed by atoms with E-state index in [0.717, 1.165) is 33.4 Å². The molecule has 4 rings (SSSR count). The SMILES string of the molecule is Cc1cc2cc(NC(=O)N[C@@H]3c4ccccc4C[C@@H]3O)ccc2[nH]1. The predicted octanol–water partition coefficient (Wildman–Crippen LogP) is 3.26. The van der Waals surface area contributed by atoms with Gasteiger partial charge in [0.25, 0.3) is 0 Å². The van der Waals surface area contributed by atoms with Crippen LogP contribution in [0.2, 0.25) is 0 Å². The number of nitrogens with one attached hydrogen (secondary N) is 3. The number of amides is 2. The second kappa shape index (κ2) is 5.69. The highest BCUT2D eigenvalue weighted by Crippen LogP contribution is 2.31. The van der Waals surface area contributed by atoms with Gasteiger partial charge in [0.2, 0.25) is 0 Å². The van der Waals surface area contributed by atoms with E-state index in [4.69, 9.17) is 0 Å². The molecule has 1 heterocycles. The molecule has 0 saturated carbocycles. The van der Waals surface area contributed by atoms with Crippen LogP contribution in [-0.2, 0) is 6.42 Å². The van der Waals surface area contributed by atoms with Crippen LogP contribution in [0.3, 0.4) is 0 Å². The number of aromatic nitrogens is 1. The Kier molecular flexibility index (Phi) is 3.50. The highest BCUT2D eigenvalue weighted by molar-refractivity contribution is 5.93. The summed E-state index contributed by atoms with van der Waals surface area (Å²) in [6.07, 6.45) is -0.0293. The van der Waals surface area contributed by atoms with Crippen LogP contribution in [0.4, 0.5) is 10.5 Å². The second-order valence-corrected chi connectivity index (χ2v) is 6.30. The summed E-state index contributed by atoms with van der Waals surface area (Å²) in [5, 5.41) is 17.0. The van der Waals surface area contributed by atoms with E-state index in [1.165, 1.54) is 0 Å².